The van der Waals surface area contributed by atoms with E-state index in [1.54, 1.807) is 31.6 Å². The highest BCUT2D eigenvalue weighted by molar-refractivity contribution is 6.07. The maximum absolute atomic E-state index is 13.3. The third-order valence-corrected chi connectivity index (χ3v) is 6.69. The predicted octanol–water partition coefficient (Wildman–Crippen LogP) is 2.37. The Bertz CT molecular complexity index is 1180. The summed E-state index contributed by atoms with van der Waals surface area (Å²) in [5.41, 5.74) is 1.48. The Morgan fingerprint density at radius 3 is 2.64 bits per heavy atom. The van der Waals surface area contributed by atoms with Gasteiger partial charge in [0.25, 0.3) is 5.91 Å². The standard InChI is InChI=1S/C25H28F3N5O3/c1-15-22(25(26,27)28)21(35)10-17-9-16(11-31-23(15)17)13-32-6-7-33(14-19(32)5-8-34)18-3-4-20(30-12-18)24(36)29-2/h3-4,9,11-12,19,34H,5-8,10,13-14H2,1-2H3,(H,29,36). The number of rotatable bonds is 6. The number of anilines is 1. The summed E-state index contributed by atoms with van der Waals surface area (Å²) in [4.78, 5) is 36.8. The Hall–Kier alpha value is -3.31. The zero-order valence-corrected chi connectivity index (χ0v) is 20.1. The van der Waals surface area contributed by atoms with Crippen LogP contribution in [0.4, 0.5) is 18.9 Å². The number of hydrogen-bond donors (Lipinski definition) is 2. The maximum atomic E-state index is 13.3. The summed E-state index contributed by atoms with van der Waals surface area (Å²) < 4.78 is 39.9. The molecule has 1 aliphatic heterocycles. The SMILES string of the molecule is CNC(=O)c1ccc(N2CCN(Cc3cnc4c(c3)CC(=O)C(C(F)(F)F)=C4C)C(CCO)C2)cn1. The molecule has 1 fully saturated rings. The number of ketones is 1. The van der Waals surface area contributed by atoms with Gasteiger partial charge in [-0.15, -0.1) is 0 Å². The van der Waals surface area contributed by atoms with Gasteiger partial charge in [-0.2, -0.15) is 13.2 Å². The second-order valence-corrected chi connectivity index (χ2v) is 9.01. The molecule has 1 unspecified atom stereocenters. The lowest BCUT2D eigenvalue weighted by Crippen LogP contribution is -2.53. The number of alkyl halides is 3. The van der Waals surface area contributed by atoms with Crippen molar-refractivity contribution >= 4 is 23.0 Å². The summed E-state index contributed by atoms with van der Waals surface area (Å²) in [6.07, 6.45) is -1.26. The van der Waals surface area contributed by atoms with Crippen molar-refractivity contribution in [2.24, 2.45) is 0 Å². The zero-order valence-electron chi connectivity index (χ0n) is 20.1. The van der Waals surface area contributed by atoms with Gasteiger partial charge in [0.15, 0.2) is 5.78 Å². The van der Waals surface area contributed by atoms with E-state index in [0.29, 0.717) is 43.9 Å². The Balaban J connectivity index is 1.49. The number of pyridine rings is 2. The van der Waals surface area contributed by atoms with Crippen molar-refractivity contribution in [3.63, 3.8) is 0 Å². The van der Waals surface area contributed by atoms with Crippen LogP contribution in [0.2, 0.25) is 0 Å². The van der Waals surface area contributed by atoms with Gasteiger partial charge in [-0.1, -0.05) is 6.07 Å². The molecule has 4 rings (SSSR count). The second kappa shape index (κ2) is 10.4. The molecular formula is C25H28F3N5O3. The zero-order chi connectivity index (χ0) is 26.0. The van der Waals surface area contributed by atoms with E-state index in [9.17, 15) is 27.9 Å². The Labute approximate surface area is 206 Å². The number of carbonyl (C=O) groups is 2. The molecule has 0 spiro atoms. The molecule has 1 saturated heterocycles. The highest BCUT2D eigenvalue weighted by Gasteiger charge is 2.43. The van der Waals surface area contributed by atoms with Crippen LogP contribution in [0.25, 0.3) is 5.57 Å². The van der Waals surface area contributed by atoms with E-state index < -0.39 is 17.5 Å². The number of piperazine rings is 1. The van der Waals surface area contributed by atoms with Crippen molar-refractivity contribution in [2.75, 3.05) is 38.2 Å². The smallest absolute Gasteiger partial charge is 0.396 e. The number of halogens is 3. The van der Waals surface area contributed by atoms with Crippen molar-refractivity contribution < 1.29 is 27.9 Å². The average molecular weight is 504 g/mol. The largest absolute Gasteiger partial charge is 0.420 e. The van der Waals surface area contributed by atoms with Gasteiger partial charge in [0.05, 0.1) is 17.6 Å². The van der Waals surface area contributed by atoms with Crippen molar-refractivity contribution in [3.05, 3.63) is 58.7 Å². The Morgan fingerprint density at radius 1 is 1.22 bits per heavy atom. The summed E-state index contributed by atoms with van der Waals surface area (Å²) in [6, 6.07) is 5.29. The van der Waals surface area contributed by atoms with Crippen LogP contribution in [0.15, 0.2) is 36.2 Å². The highest BCUT2D eigenvalue weighted by Crippen LogP contribution is 2.37. The van der Waals surface area contributed by atoms with Gasteiger partial charge >= 0.3 is 6.18 Å². The van der Waals surface area contributed by atoms with E-state index in [1.807, 2.05) is 6.07 Å². The van der Waals surface area contributed by atoms with Gasteiger partial charge in [-0.05, 0) is 42.2 Å². The summed E-state index contributed by atoms with van der Waals surface area (Å²) in [6.45, 7) is 3.79. The molecule has 2 N–H and O–H groups in total. The van der Waals surface area contributed by atoms with Crippen LogP contribution in [0, 0.1) is 0 Å². The van der Waals surface area contributed by atoms with E-state index in [1.165, 1.54) is 6.92 Å². The number of aromatic nitrogens is 2. The monoisotopic (exact) mass is 503 g/mol. The fourth-order valence-corrected chi connectivity index (χ4v) is 4.91. The molecule has 36 heavy (non-hydrogen) atoms. The lowest BCUT2D eigenvalue weighted by Gasteiger charge is -2.42. The quantitative estimate of drug-likeness (QED) is 0.625. The highest BCUT2D eigenvalue weighted by atomic mass is 19.4. The Kier molecular flexibility index (Phi) is 7.41. The van der Waals surface area contributed by atoms with E-state index in [-0.39, 0.29) is 36.2 Å². The molecule has 192 valence electrons. The van der Waals surface area contributed by atoms with E-state index >= 15 is 0 Å². The number of fused-ring (bicyclic) bond motifs is 1. The summed E-state index contributed by atoms with van der Waals surface area (Å²) >= 11 is 0. The maximum Gasteiger partial charge on any atom is 0.420 e. The number of hydrogen-bond acceptors (Lipinski definition) is 7. The third-order valence-electron chi connectivity index (χ3n) is 6.69. The lowest BCUT2D eigenvalue weighted by atomic mass is 9.88. The van der Waals surface area contributed by atoms with Crippen molar-refractivity contribution in [1.82, 2.24) is 20.2 Å². The molecule has 2 aliphatic rings. The molecule has 0 saturated carbocycles. The summed E-state index contributed by atoms with van der Waals surface area (Å²) in [5, 5.41) is 12.2. The van der Waals surface area contributed by atoms with Crippen molar-refractivity contribution in [1.29, 1.82) is 0 Å². The first-order valence-corrected chi connectivity index (χ1v) is 11.7. The molecule has 3 heterocycles. The van der Waals surface area contributed by atoms with Crippen molar-refractivity contribution in [3.8, 4) is 0 Å². The van der Waals surface area contributed by atoms with E-state index in [0.717, 1.165) is 11.3 Å². The fraction of sp³-hybridized carbons (Fsp3) is 0.440. The van der Waals surface area contributed by atoms with Gasteiger partial charge in [0, 0.05) is 58.5 Å². The van der Waals surface area contributed by atoms with E-state index in [2.05, 4.69) is 25.1 Å². The predicted molar refractivity (Wildman–Crippen MR) is 127 cm³/mol. The number of nitrogens with one attached hydrogen (secondary N) is 1. The minimum atomic E-state index is -4.70. The first-order chi connectivity index (χ1) is 17.1. The molecule has 1 aliphatic carbocycles. The number of allylic oxidation sites excluding steroid dienone is 2. The Morgan fingerprint density at radius 2 is 2.00 bits per heavy atom. The average Bonchev–Trinajstić information content (AvgIpc) is 2.84. The van der Waals surface area contributed by atoms with Crippen LogP contribution < -0.4 is 10.2 Å². The number of aliphatic hydroxyl groups is 1. The molecular weight excluding hydrogens is 475 g/mol. The normalized spacial score (nSPS) is 18.9. The first-order valence-electron chi connectivity index (χ1n) is 11.7. The molecule has 0 bridgehead atoms. The van der Waals surface area contributed by atoms with Gasteiger partial charge in [-0.25, -0.2) is 4.98 Å². The molecule has 0 radical (unpaired) electrons. The van der Waals surface area contributed by atoms with Gasteiger partial charge in [0.1, 0.15) is 11.3 Å². The number of nitrogens with zero attached hydrogens (tertiary/aromatic N) is 4. The summed E-state index contributed by atoms with van der Waals surface area (Å²) in [7, 11) is 1.55. The fourth-order valence-electron chi connectivity index (χ4n) is 4.91. The number of Topliss-reactive ketones (excluding diaryl/α,β-unsaturated/α-hetero) is 1. The molecule has 2 aromatic heterocycles. The third kappa shape index (κ3) is 5.26. The van der Waals surface area contributed by atoms with Crippen molar-refractivity contribution in [2.45, 2.75) is 38.5 Å². The first kappa shape index (κ1) is 25.8. The van der Waals surface area contributed by atoms with Crippen LogP contribution in [0.3, 0.4) is 0 Å². The molecule has 1 atom stereocenters. The molecule has 1 amide bonds. The molecule has 8 nitrogen and oxygen atoms in total. The van der Waals surface area contributed by atoms with Gasteiger partial charge in [0.2, 0.25) is 0 Å². The molecule has 0 aromatic carbocycles. The van der Waals surface area contributed by atoms with Crippen LogP contribution in [0.1, 0.15) is 40.7 Å². The number of carbonyl (C=O) groups excluding carboxylic acids is 2. The van der Waals surface area contributed by atoms with Gasteiger partial charge in [-0.3, -0.25) is 19.5 Å². The molecule has 2 aromatic rings. The minimum Gasteiger partial charge on any atom is -0.396 e. The van der Waals surface area contributed by atoms with Gasteiger partial charge < -0.3 is 15.3 Å². The lowest BCUT2D eigenvalue weighted by molar-refractivity contribution is -0.128. The minimum absolute atomic E-state index is 0.00398. The van der Waals surface area contributed by atoms with E-state index in [4.69, 9.17) is 0 Å². The van der Waals surface area contributed by atoms with Crippen LogP contribution >= 0.6 is 0 Å². The van der Waals surface area contributed by atoms with Crippen LogP contribution in [-0.4, -0.2) is 77.2 Å². The number of amides is 1. The second-order valence-electron chi connectivity index (χ2n) is 9.01. The summed E-state index contributed by atoms with van der Waals surface area (Å²) in [5.74, 6) is -1.19. The van der Waals surface area contributed by atoms with Crippen LogP contribution in [0.5, 0.6) is 0 Å². The molecule has 11 heteroatoms. The number of aliphatic hydroxyl groups excluding tert-OH is 1. The van der Waals surface area contributed by atoms with Crippen LogP contribution in [-0.2, 0) is 17.8 Å². The topological polar surface area (TPSA) is 98.7 Å².